The quantitative estimate of drug-likeness (QED) is 0.741. The zero-order chi connectivity index (χ0) is 10.8. The summed E-state index contributed by atoms with van der Waals surface area (Å²) >= 11 is 5.78. The molecule has 0 atom stereocenters. The van der Waals surface area contributed by atoms with Crippen molar-refractivity contribution in [2.24, 2.45) is 5.41 Å². The van der Waals surface area contributed by atoms with E-state index in [4.69, 9.17) is 16.3 Å². The molecule has 0 spiro atoms. The van der Waals surface area contributed by atoms with E-state index in [1.165, 1.54) is 0 Å². The lowest BCUT2D eigenvalue weighted by atomic mass is 10.1. The zero-order valence-corrected chi connectivity index (χ0v) is 9.78. The van der Waals surface area contributed by atoms with Gasteiger partial charge in [0.2, 0.25) is 0 Å². The van der Waals surface area contributed by atoms with E-state index in [2.05, 4.69) is 5.32 Å². The van der Waals surface area contributed by atoms with Gasteiger partial charge in [0.15, 0.2) is 0 Å². The van der Waals surface area contributed by atoms with E-state index in [9.17, 15) is 4.79 Å². The standard InChI is InChI=1S/C10H18ClNO2/c1-9(2,3)14-8(13)12-7-10(6-11)4-5-10/h4-7H2,1-3H3,(H,12,13). The number of alkyl carbamates (subject to hydrolysis) is 1. The number of hydrogen-bond acceptors (Lipinski definition) is 2. The maximum absolute atomic E-state index is 11.3. The topological polar surface area (TPSA) is 38.3 Å². The molecule has 1 N–H and O–H groups in total. The van der Waals surface area contributed by atoms with Gasteiger partial charge in [-0.3, -0.25) is 0 Å². The first-order valence-electron chi connectivity index (χ1n) is 4.90. The highest BCUT2D eigenvalue weighted by atomic mass is 35.5. The minimum Gasteiger partial charge on any atom is -0.444 e. The van der Waals surface area contributed by atoms with Gasteiger partial charge in [-0.25, -0.2) is 4.79 Å². The Morgan fingerprint density at radius 1 is 1.50 bits per heavy atom. The highest BCUT2D eigenvalue weighted by Crippen LogP contribution is 2.45. The van der Waals surface area contributed by atoms with Crippen molar-refractivity contribution in [1.29, 1.82) is 0 Å². The van der Waals surface area contributed by atoms with Crippen LogP contribution >= 0.6 is 11.6 Å². The van der Waals surface area contributed by atoms with Crippen LogP contribution in [-0.4, -0.2) is 24.1 Å². The second-order valence-electron chi connectivity index (χ2n) is 4.99. The SMILES string of the molecule is CC(C)(C)OC(=O)NCC1(CCl)CC1. The molecule has 0 aromatic rings. The number of rotatable bonds is 3. The fourth-order valence-corrected chi connectivity index (χ4v) is 1.47. The Morgan fingerprint density at radius 2 is 2.07 bits per heavy atom. The summed E-state index contributed by atoms with van der Waals surface area (Å²) in [6, 6.07) is 0. The summed E-state index contributed by atoms with van der Waals surface area (Å²) in [6.45, 7) is 6.18. The first kappa shape index (κ1) is 11.6. The van der Waals surface area contributed by atoms with Crippen LogP contribution in [0.5, 0.6) is 0 Å². The molecule has 0 aliphatic heterocycles. The molecule has 0 radical (unpaired) electrons. The van der Waals surface area contributed by atoms with Gasteiger partial charge in [0.1, 0.15) is 5.60 Å². The van der Waals surface area contributed by atoms with Crippen molar-refractivity contribution in [2.45, 2.75) is 39.2 Å². The predicted molar refractivity (Wildman–Crippen MR) is 56.6 cm³/mol. The Hall–Kier alpha value is -0.440. The fourth-order valence-electron chi connectivity index (χ4n) is 1.11. The molecule has 82 valence electrons. The second kappa shape index (κ2) is 3.97. The number of hydrogen-bond donors (Lipinski definition) is 1. The number of amides is 1. The molecule has 0 bridgehead atoms. The summed E-state index contributed by atoms with van der Waals surface area (Å²) in [5.74, 6) is 0.614. The molecule has 1 rings (SSSR count). The number of halogens is 1. The van der Waals surface area contributed by atoms with Crippen LogP contribution in [0, 0.1) is 5.41 Å². The molecule has 0 saturated heterocycles. The fraction of sp³-hybridized carbons (Fsp3) is 0.900. The van der Waals surface area contributed by atoms with E-state index in [1.807, 2.05) is 20.8 Å². The summed E-state index contributed by atoms with van der Waals surface area (Å²) in [5, 5.41) is 2.75. The molecular formula is C10H18ClNO2. The molecule has 1 saturated carbocycles. The average molecular weight is 220 g/mol. The van der Waals surface area contributed by atoms with Gasteiger partial charge in [-0.05, 0) is 33.6 Å². The van der Waals surface area contributed by atoms with Crippen molar-refractivity contribution in [1.82, 2.24) is 5.32 Å². The minimum atomic E-state index is -0.429. The Balaban J connectivity index is 2.22. The van der Waals surface area contributed by atoms with E-state index >= 15 is 0 Å². The molecule has 0 heterocycles. The second-order valence-corrected chi connectivity index (χ2v) is 5.26. The maximum Gasteiger partial charge on any atom is 0.407 e. The van der Waals surface area contributed by atoms with Crippen LogP contribution < -0.4 is 5.32 Å². The lowest BCUT2D eigenvalue weighted by Gasteiger charge is -2.21. The monoisotopic (exact) mass is 219 g/mol. The largest absolute Gasteiger partial charge is 0.444 e. The summed E-state index contributed by atoms with van der Waals surface area (Å²) in [6.07, 6.45) is 1.85. The van der Waals surface area contributed by atoms with Crippen molar-refractivity contribution in [3.63, 3.8) is 0 Å². The lowest BCUT2D eigenvalue weighted by molar-refractivity contribution is 0.0518. The molecule has 0 aromatic carbocycles. The molecular weight excluding hydrogens is 202 g/mol. The van der Waals surface area contributed by atoms with Crippen LogP contribution in [0.4, 0.5) is 4.79 Å². The van der Waals surface area contributed by atoms with Crippen LogP contribution in [0.3, 0.4) is 0 Å². The van der Waals surface area contributed by atoms with Gasteiger partial charge in [0.05, 0.1) is 0 Å². The van der Waals surface area contributed by atoms with Crippen LogP contribution in [0.2, 0.25) is 0 Å². The van der Waals surface area contributed by atoms with E-state index in [0.29, 0.717) is 12.4 Å². The van der Waals surface area contributed by atoms with Gasteiger partial charge >= 0.3 is 6.09 Å². The Morgan fingerprint density at radius 3 is 2.43 bits per heavy atom. The molecule has 1 amide bonds. The van der Waals surface area contributed by atoms with Crippen LogP contribution in [-0.2, 0) is 4.74 Å². The Bertz CT molecular complexity index is 219. The maximum atomic E-state index is 11.3. The number of carbonyl (C=O) groups is 1. The smallest absolute Gasteiger partial charge is 0.407 e. The normalized spacial score (nSPS) is 18.9. The molecule has 1 aliphatic rings. The zero-order valence-electron chi connectivity index (χ0n) is 9.02. The van der Waals surface area contributed by atoms with Crippen molar-refractivity contribution >= 4 is 17.7 Å². The third-order valence-electron chi connectivity index (χ3n) is 2.25. The summed E-state index contributed by atoms with van der Waals surface area (Å²) < 4.78 is 5.11. The minimum absolute atomic E-state index is 0.151. The van der Waals surface area contributed by atoms with Gasteiger partial charge < -0.3 is 10.1 Å². The van der Waals surface area contributed by atoms with Gasteiger partial charge in [0.25, 0.3) is 0 Å². The highest BCUT2D eigenvalue weighted by Gasteiger charge is 2.42. The Labute approximate surface area is 90.1 Å². The number of alkyl halides is 1. The van der Waals surface area contributed by atoms with Gasteiger partial charge in [0, 0.05) is 17.8 Å². The van der Waals surface area contributed by atoms with E-state index in [0.717, 1.165) is 12.8 Å². The van der Waals surface area contributed by atoms with E-state index < -0.39 is 5.60 Å². The third kappa shape index (κ3) is 3.74. The molecule has 1 aliphatic carbocycles. The first-order chi connectivity index (χ1) is 6.37. The average Bonchev–Trinajstić information content (AvgIpc) is 2.78. The number of ether oxygens (including phenoxy) is 1. The van der Waals surface area contributed by atoms with Gasteiger partial charge in [-0.15, -0.1) is 11.6 Å². The third-order valence-corrected chi connectivity index (χ3v) is 2.81. The lowest BCUT2D eigenvalue weighted by Crippen LogP contribution is -2.36. The van der Waals surface area contributed by atoms with Crippen LogP contribution in [0.25, 0.3) is 0 Å². The van der Waals surface area contributed by atoms with Crippen molar-refractivity contribution in [3.05, 3.63) is 0 Å². The van der Waals surface area contributed by atoms with Gasteiger partial charge in [-0.2, -0.15) is 0 Å². The molecule has 0 aromatic heterocycles. The predicted octanol–water partition coefficient (Wildman–Crippen LogP) is 2.53. The summed E-state index contributed by atoms with van der Waals surface area (Å²) in [7, 11) is 0. The molecule has 0 unspecified atom stereocenters. The van der Waals surface area contributed by atoms with Crippen LogP contribution in [0.1, 0.15) is 33.6 Å². The Kier molecular flexibility index (Phi) is 3.30. The van der Waals surface area contributed by atoms with Crippen molar-refractivity contribution in [2.75, 3.05) is 12.4 Å². The van der Waals surface area contributed by atoms with Crippen molar-refractivity contribution < 1.29 is 9.53 Å². The summed E-state index contributed by atoms with van der Waals surface area (Å²) in [5.41, 5.74) is -0.278. The van der Waals surface area contributed by atoms with Gasteiger partial charge in [-0.1, -0.05) is 0 Å². The molecule has 1 fully saturated rings. The number of nitrogens with one attached hydrogen (secondary N) is 1. The summed E-state index contributed by atoms with van der Waals surface area (Å²) in [4.78, 5) is 11.3. The van der Waals surface area contributed by atoms with E-state index in [-0.39, 0.29) is 11.5 Å². The molecule has 3 nitrogen and oxygen atoms in total. The van der Waals surface area contributed by atoms with Crippen LogP contribution in [0.15, 0.2) is 0 Å². The van der Waals surface area contributed by atoms with Crippen molar-refractivity contribution in [3.8, 4) is 0 Å². The highest BCUT2D eigenvalue weighted by molar-refractivity contribution is 6.18. The molecule has 4 heteroatoms. The molecule has 14 heavy (non-hydrogen) atoms. The number of carbonyl (C=O) groups excluding carboxylic acids is 1. The first-order valence-corrected chi connectivity index (χ1v) is 5.43. The van der Waals surface area contributed by atoms with E-state index in [1.54, 1.807) is 0 Å².